The molecule has 1 aromatic carbocycles. The van der Waals surface area contributed by atoms with Gasteiger partial charge >= 0.3 is 0 Å². The number of hydrogen-bond donors (Lipinski definition) is 8. The number of piperidine rings is 1. The number of aliphatic hydroxyl groups excluding tert-OH is 3. The van der Waals surface area contributed by atoms with Gasteiger partial charge in [0, 0.05) is 28.6 Å². The third-order valence-electron chi connectivity index (χ3n) is 9.68. The lowest BCUT2D eigenvalue weighted by Gasteiger charge is -2.53. The van der Waals surface area contributed by atoms with E-state index in [9.17, 15) is 39.9 Å². The first-order valence-corrected chi connectivity index (χ1v) is 14.5. The molecular formula is C31H42N4O8. The van der Waals surface area contributed by atoms with Crippen LogP contribution in [-0.4, -0.2) is 96.9 Å². The average Bonchev–Trinajstić information content (AvgIpc) is 2.85. The Morgan fingerprint density at radius 1 is 1.07 bits per heavy atom. The summed E-state index contributed by atoms with van der Waals surface area (Å²) < 4.78 is 0. The maximum absolute atomic E-state index is 14.1. The zero-order valence-corrected chi connectivity index (χ0v) is 25.5. The van der Waals surface area contributed by atoms with Crippen LogP contribution in [0.5, 0.6) is 5.75 Å². The molecule has 43 heavy (non-hydrogen) atoms. The Bertz CT molecular complexity index is 1480. The Morgan fingerprint density at radius 3 is 2.19 bits per heavy atom. The van der Waals surface area contributed by atoms with Gasteiger partial charge in [-0.1, -0.05) is 13.0 Å². The number of anilines is 1. The van der Waals surface area contributed by atoms with E-state index in [1.807, 2.05) is 0 Å². The fourth-order valence-electron chi connectivity index (χ4n) is 8.38. The molecule has 12 heteroatoms. The van der Waals surface area contributed by atoms with Crippen molar-refractivity contribution in [1.29, 1.82) is 0 Å². The lowest BCUT2D eigenvalue weighted by molar-refractivity contribution is -0.162. The van der Waals surface area contributed by atoms with E-state index >= 15 is 0 Å². The molecule has 0 unspecified atom stereocenters. The highest BCUT2D eigenvalue weighted by Crippen LogP contribution is 2.56. The monoisotopic (exact) mass is 598 g/mol. The van der Waals surface area contributed by atoms with Gasteiger partial charge in [0.05, 0.1) is 29.3 Å². The third-order valence-corrected chi connectivity index (χ3v) is 9.68. The summed E-state index contributed by atoms with van der Waals surface area (Å²) in [6, 6.07) is 2.03. The molecule has 3 aliphatic carbocycles. The summed E-state index contributed by atoms with van der Waals surface area (Å²) in [6.45, 7) is 10.1. The molecule has 5 rings (SSSR count). The van der Waals surface area contributed by atoms with Gasteiger partial charge in [-0.05, 0) is 72.2 Å². The minimum absolute atomic E-state index is 0.0424. The number of phenolic OH excluding ortho intramolecular Hbond substituents is 1. The molecule has 0 radical (unpaired) electrons. The van der Waals surface area contributed by atoms with Crippen LogP contribution < -0.4 is 16.4 Å². The molecule has 234 valence electrons. The van der Waals surface area contributed by atoms with E-state index in [1.54, 1.807) is 19.1 Å². The quantitative estimate of drug-likeness (QED) is 0.184. The van der Waals surface area contributed by atoms with E-state index < -0.39 is 75.6 Å². The highest BCUT2D eigenvalue weighted by atomic mass is 16.4. The van der Waals surface area contributed by atoms with Crippen LogP contribution in [0.15, 0.2) is 34.8 Å². The molecule has 6 atom stereocenters. The van der Waals surface area contributed by atoms with Crippen LogP contribution in [0.2, 0.25) is 0 Å². The van der Waals surface area contributed by atoms with Gasteiger partial charge in [0.2, 0.25) is 5.78 Å². The van der Waals surface area contributed by atoms with Crippen LogP contribution in [0.1, 0.15) is 69.3 Å². The van der Waals surface area contributed by atoms with E-state index in [-0.39, 0.29) is 28.4 Å². The minimum Gasteiger partial charge on any atom is -0.510 e. The molecule has 9 N–H and O–H groups in total. The number of Topliss-reactive ketones (excluding diaryl/α,β-unsaturated/α-hetero) is 2. The number of hydrogen-bond acceptors (Lipinski definition) is 11. The van der Waals surface area contributed by atoms with E-state index in [1.165, 1.54) is 19.0 Å². The van der Waals surface area contributed by atoms with Gasteiger partial charge in [-0.2, -0.15) is 0 Å². The predicted molar refractivity (Wildman–Crippen MR) is 158 cm³/mol. The Hall–Kier alpha value is -3.45. The number of phenols is 1. The fourth-order valence-corrected chi connectivity index (χ4v) is 8.38. The molecule has 1 heterocycles. The number of aliphatic hydroxyl groups is 4. The van der Waals surface area contributed by atoms with Gasteiger partial charge in [-0.3, -0.25) is 19.3 Å². The number of ketones is 2. The number of nitrogens with two attached hydrogens (primary N) is 1. The van der Waals surface area contributed by atoms with Crippen molar-refractivity contribution in [3.05, 3.63) is 45.9 Å². The van der Waals surface area contributed by atoms with Gasteiger partial charge in [0.1, 0.15) is 22.8 Å². The van der Waals surface area contributed by atoms with Gasteiger partial charge in [0.25, 0.3) is 5.91 Å². The molecule has 0 spiro atoms. The number of carbonyl (C=O) groups excluding carboxylic acids is 3. The van der Waals surface area contributed by atoms with Crippen molar-refractivity contribution in [2.24, 2.45) is 17.6 Å². The van der Waals surface area contributed by atoms with Crippen molar-refractivity contribution in [2.45, 2.75) is 88.2 Å². The minimum atomic E-state index is -2.94. The summed E-state index contributed by atoms with van der Waals surface area (Å²) in [5.41, 5.74) is 1.33. The van der Waals surface area contributed by atoms with Gasteiger partial charge in [0.15, 0.2) is 11.4 Å². The van der Waals surface area contributed by atoms with Crippen molar-refractivity contribution in [2.75, 3.05) is 19.4 Å². The van der Waals surface area contributed by atoms with Crippen LogP contribution in [0.4, 0.5) is 5.69 Å². The van der Waals surface area contributed by atoms with E-state index in [0.29, 0.717) is 11.3 Å². The fraction of sp³-hybridized carbons (Fsp3) is 0.581. The SMILES string of the molecule is C[C@H]1c2ccc(NC3CC(C)(C)NC(C)(C)C3)c(O)c2C(=O)C2=C(O)[C@]3(O)C(=O)C(C(N)=O)=C(O)[C@@H](N(C)C)[C@@H]3[C@@H](O)[C@@H]21. The Balaban J connectivity index is 1.64. The first-order valence-electron chi connectivity index (χ1n) is 14.5. The second-order valence-corrected chi connectivity index (χ2v) is 14.1. The molecule has 1 saturated heterocycles. The van der Waals surface area contributed by atoms with Crippen LogP contribution in [0, 0.1) is 11.8 Å². The molecule has 1 aromatic rings. The Kier molecular flexibility index (Phi) is 7.05. The van der Waals surface area contributed by atoms with Crippen molar-refractivity contribution in [3.8, 4) is 5.75 Å². The molecule has 0 bridgehead atoms. The molecule has 1 aliphatic heterocycles. The summed E-state index contributed by atoms with van der Waals surface area (Å²) in [5, 5.41) is 64.5. The smallest absolute Gasteiger partial charge is 0.255 e. The zero-order valence-electron chi connectivity index (χ0n) is 25.5. The molecule has 0 aromatic heterocycles. The number of likely N-dealkylation sites (N-methyl/N-ethyl adjacent to an activating group) is 1. The summed E-state index contributed by atoms with van der Waals surface area (Å²) in [6.07, 6.45) is -0.150. The van der Waals surface area contributed by atoms with E-state index in [0.717, 1.165) is 12.8 Å². The summed E-state index contributed by atoms with van der Waals surface area (Å²) >= 11 is 0. The molecule has 1 fully saturated rings. The number of nitrogens with zero attached hydrogens (tertiary/aromatic N) is 1. The number of rotatable bonds is 4. The number of fused-ring (bicyclic) bond motifs is 3. The first-order chi connectivity index (χ1) is 19.7. The van der Waals surface area contributed by atoms with E-state index in [2.05, 4.69) is 38.3 Å². The average molecular weight is 599 g/mol. The van der Waals surface area contributed by atoms with E-state index in [4.69, 9.17) is 5.73 Å². The largest absolute Gasteiger partial charge is 0.510 e. The van der Waals surface area contributed by atoms with Crippen LogP contribution >= 0.6 is 0 Å². The van der Waals surface area contributed by atoms with Crippen LogP contribution in [-0.2, 0) is 9.59 Å². The molecule has 4 aliphatic rings. The highest BCUT2D eigenvalue weighted by Gasteiger charge is 2.67. The van der Waals surface area contributed by atoms with Crippen LogP contribution in [0.3, 0.4) is 0 Å². The second-order valence-electron chi connectivity index (χ2n) is 14.1. The maximum atomic E-state index is 14.1. The number of benzene rings is 1. The van der Waals surface area contributed by atoms with Gasteiger partial charge < -0.3 is 41.9 Å². The maximum Gasteiger partial charge on any atom is 0.255 e. The topological polar surface area (TPSA) is 206 Å². The standard InChI is InChI=1S/C31H42N4O8/c1-12-14-8-9-15(33-13-10-29(2,3)34-30(4,5)11-13)22(36)17(14)23(37)18-16(12)24(38)20-21(35(6)7)25(39)19(28(32)42)27(41)31(20,43)26(18)40/h8-9,12-13,16,20-21,24,33-34,36,38-40,43H,10-11H2,1-7H3,(H2,32,42)/t12-,16+,20+,21-,24-,31-/m0/s1. The molecule has 12 nitrogen and oxygen atoms in total. The number of primary amides is 1. The number of carbonyl (C=O) groups is 3. The first kappa shape index (κ1) is 31.0. The normalized spacial score (nSPS) is 33.7. The summed E-state index contributed by atoms with van der Waals surface area (Å²) in [4.78, 5) is 41.3. The number of aromatic hydroxyl groups is 1. The van der Waals surface area contributed by atoms with Crippen LogP contribution in [0.25, 0.3) is 0 Å². The number of amides is 1. The van der Waals surface area contributed by atoms with Crippen molar-refractivity contribution in [1.82, 2.24) is 10.2 Å². The molecule has 1 amide bonds. The Morgan fingerprint density at radius 2 is 1.65 bits per heavy atom. The highest BCUT2D eigenvalue weighted by molar-refractivity contribution is 6.25. The Labute approximate surface area is 250 Å². The third kappa shape index (κ3) is 4.45. The lowest BCUT2D eigenvalue weighted by atomic mass is 9.55. The van der Waals surface area contributed by atoms with Crippen molar-refractivity contribution in [3.63, 3.8) is 0 Å². The van der Waals surface area contributed by atoms with Gasteiger partial charge in [-0.15, -0.1) is 0 Å². The summed E-state index contributed by atoms with van der Waals surface area (Å²) in [5.74, 6) is -9.03. The predicted octanol–water partition coefficient (Wildman–Crippen LogP) is 1.37. The molecule has 0 saturated carbocycles. The zero-order chi connectivity index (χ0) is 32.1. The van der Waals surface area contributed by atoms with Crippen molar-refractivity contribution < 1.29 is 39.9 Å². The number of nitrogens with one attached hydrogen (secondary N) is 2. The summed E-state index contributed by atoms with van der Waals surface area (Å²) in [7, 11) is 3.00. The van der Waals surface area contributed by atoms with Gasteiger partial charge in [-0.25, -0.2) is 0 Å². The lowest BCUT2D eigenvalue weighted by Crippen LogP contribution is -2.68. The second kappa shape index (κ2) is 9.78. The van der Waals surface area contributed by atoms with Crippen molar-refractivity contribution >= 4 is 23.2 Å². The molecular weight excluding hydrogens is 556 g/mol.